The summed E-state index contributed by atoms with van der Waals surface area (Å²) in [6.07, 6.45) is 5.46. The molecule has 0 unspecified atom stereocenters. The van der Waals surface area contributed by atoms with Gasteiger partial charge in [0.25, 0.3) is 5.91 Å². The zero-order chi connectivity index (χ0) is 21.1. The van der Waals surface area contributed by atoms with Crippen molar-refractivity contribution >= 4 is 11.6 Å². The quantitative estimate of drug-likeness (QED) is 0.479. The van der Waals surface area contributed by atoms with Gasteiger partial charge in [-0.25, -0.2) is 9.50 Å². The first-order chi connectivity index (χ1) is 14.5. The van der Waals surface area contributed by atoms with Gasteiger partial charge in [0.2, 0.25) is 0 Å². The Labute approximate surface area is 174 Å². The number of nitrogens with one attached hydrogen (secondary N) is 1. The number of benzene rings is 1. The number of aryl methyl sites for hydroxylation is 3. The second-order valence-electron chi connectivity index (χ2n) is 7.18. The van der Waals surface area contributed by atoms with Crippen LogP contribution < -0.4 is 10.1 Å². The van der Waals surface area contributed by atoms with Gasteiger partial charge in [0.15, 0.2) is 5.65 Å². The van der Waals surface area contributed by atoms with Crippen molar-refractivity contribution in [1.29, 1.82) is 0 Å². The maximum absolute atomic E-state index is 12.6. The fourth-order valence-electron chi connectivity index (χ4n) is 3.35. The Hall–Kier alpha value is -3.68. The third kappa shape index (κ3) is 4.17. The van der Waals surface area contributed by atoms with Gasteiger partial charge in [-0.05, 0) is 43.5 Å². The van der Waals surface area contributed by atoms with Crippen LogP contribution in [-0.2, 0) is 13.5 Å². The van der Waals surface area contributed by atoms with Crippen molar-refractivity contribution in [2.45, 2.75) is 19.8 Å². The summed E-state index contributed by atoms with van der Waals surface area (Å²) in [7, 11) is 3.40. The number of methoxy groups -OCH3 is 1. The van der Waals surface area contributed by atoms with Gasteiger partial charge in [0.05, 0.1) is 18.5 Å². The molecule has 0 radical (unpaired) electrons. The molecule has 8 heteroatoms. The molecule has 4 aromatic rings. The summed E-state index contributed by atoms with van der Waals surface area (Å²) in [6, 6.07) is 11.4. The zero-order valence-electron chi connectivity index (χ0n) is 17.3. The number of ether oxygens (including phenoxy) is 1. The molecule has 0 aliphatic rings. The summed E-state index contributed by atoms with van der Waals surface area (Å²) >= 11 is 0. The van der Waals surface area contributed by atoms with E-state index in [4.69, 9.17) is 4.74 Å². The van der Waals surface area contributed by atoms with Crippen LogP contribution in [0.2, 0.25) is 0 Å². The summed E-state index contributed by atoms with van der Waals surface area (Å²) in [5.41, 5.74) is 5.02. The van der Waals surface area contributed by atoms with E-state index in [1.54, 1.807) is 29.4 Å². The Morgan fingerprint density at radius 3 is 2.90 bits per heavy atom. The minimum atomic E-state index is -0.143. The largest absolute Gasteiger partial charge is 0.497 e. The third-order valence-corrected chi connectivity index (χ3v) is 4.89. The fraction of sp³-hybridized carbons (Fsp3) is 0.273. The first-order valence-corrected chi connectivity index (χ1v) is 9.81. The molecule has 0 bridgehead atoms. The molecule has 3 aromatic heterocycles. The summed E-state index contributed by atoms with van der Waals surface area (Å²) < 4.78 is 8.65. The number of nitrogens with zero attached hydrogens (tertiary/aromatic N) is 5. The van der Waals surface area contributed by atoms with Crippen LogP contribution in [0.25, 0.3) is 16.9 Å². The maximum atomic E-state index is 12.6. The van der Waals surface area contributed by atoms with Crippen molar-refractivity contribution in [3.63, 3.8) is 0 Å². The van der Waals surface area contributed by atoms with E-state index in [1.807, 2.05) is 49.6 Å². The first kappa shape index (κ1) is 19.6. The van der Waals surface area contributed by atoms with Crippen molar-refractivity contribution in [3.05, 3.63) is 65.7 Å². The van der Waals surface area contributed by atoms with E-state index in [0.717, 1.165) is 46.8 Å². The molecule has 154 valence electrons. The Morgan fingerprint density at radius 2 is 2.07 bits per heavy atom. The van der Waals surface area contributed by atoms with E-state index in [9.17, 15) is 4.79 Å². The number of rotatable bonds is 7. The molecule has 1 aromatic carbocycles. The highest BCUT2D eigenvalue weighted by Crippen LogP contribution is 2.23. The Bertz CT molecular complexity index is 1190. The van der Waals surface area contributed by atoms with Gasteiger partial charge >= 0.3 is 0 Å². The molecule has 1 N–H and O–H groups in total. The van der Waals surface area contributed by atoms with Crippen molar-refractivity contribution in [2.24, 2.45) is 7.05 Å². The average molecular weight is 404 g/mol. The second-order valence-corrected chi connectivity index (χ2v) is 7.18. The molecule has 0 fully saturated rings. The molecule has 0 spiro atoms. The fourth-order valence-corrected chi connectivity index (χ4v) is 3.35. The molecule has 1 amide bonds. The van der Waals surface area contributed by atoms with Crippen LogP contribution in [0.5, 0.6) is 5.75 Å². The van der Waals surface area contributed by atoms with Crippen LogP contribution in [0.1, 0.15) is 28.2 Å². The molecule has 8 nitrogen and oxygen atoms in total. The summed E-state index contributed by atoms with van der Waals surface area (Å²) in [4.78, 5) is 17.0. The topological polar surface area (TPSA) is 86.3 Å². The number of hydrogen-bond acceptors (Lipinski definition) is 5. The van der Waals surface area contributed by atoms with Gasteiger partial charge in [0, 0.05) is 37.6 Å². The molecule has 0 saturated heterocycles. The number of fused-ring (bicyclic) bond motifs is 1. The molecule has 0 aliphatic carbocycles. The van der Waals surface area contributed by atoms with Crippen LogP contribution in [0, 0.1) is 6.92 Å². The molecular weight excluding hydrogens is 380 g/mol. The van der Waals surface area contributed by atoms with Gasteiger partial charge in [-0.1, -0.05) is 12.1 Å². The molecule has 0 aliphatic heterocycles. The van der Waals surface area contributed by atoms with Crippen LogP contribution >= 0.6 is 0 Å². The second kappa shape index (κ2) is 8.36. The number of hydrogen-bond donors (Lipinski definition) is 1. The van der Waals surface area contributed by atoms with Crippen molar-refractivity contribution in [1.82, 2.24) is 29.7 Å². The van der Waals surface area contributed by atoms with Gasteiger partial charge < -0.3 is 10.1 Å². The summed E-state index contributed by atoms with van der Waals surface area (Å²) in [5.74, 6) is 0.609. The third-order valence-electron chi connectivity index (χ3n) is 4.89. The summed E-state index contributed by atoms with van der Waals surface area (Å²) in [6.45, 7) is 2.51. The highest BCUT2D eigenvalue weighted by atomic mass is 16.5. The van der Waals surface area contributed by atoms with Crippen LogP contribution in [-0.4, -0.2) is 43.9 Å². The Kier molecular flexibility index (Phi) is 5.47. The lowest BCUT2D eigenvalue weighted by Crippen LogP contribution is -2.26. The lowest BCUT2D eigenvalue weighted by atomic mass is 10.1. The van der Waals surface area contributed by atoms with Crippen LogP contribution in [0.4, 0.5) is 0 Å². The highest BCUT2D eigenvalue weighted by molar-refractivity contribution is 5.93. The number of aromatic nitrogens is 5. The SMILES string of the molecule is COc1cccc(-c2cc(C(=O)NCCCc3cnc4cc(C)nn4c3)n(C)n2)c1. The first-order valence-electron chi connectivity index (χ1n) is 9.81. The smallest absolute Gasteiger partial charge is 0.269 e. The van der Waals surface area contributed by atoms with E-state index in [1.165, 1.54) is 0 Å². The minimum absolute atomic E-state index is 0.143. The van der Waals surface area contributed by atoms with E-state index in [2.05, 4.69) is 20.5 Å². The van der Waals surface area contributed by atoms with E-state index >= 15 is 0 Å². The van der Waals surface area contributed by atoms with Crippen molar-refractivity contribution in [3.8, 4) is 17.0 Å². The number of carbonyl (C=O) groups excluding carboxylic acids is 1. The van der Waals surface area contributed by atoms with Crippen molar-refractivity contribution < 1.29 is 9.53 Å². The minimum Gasteiger partial charge on any atom is -0.497 e. The predicted octanol–water partition coefficient (Wildman–Crippen LogP) is 2.81. The standard InChI is InChI=1S/C22H24N6O2/c1-15-10-21-24-13-16(14-28(21)25-15)6-5-9-23-22(29)20-12-19(26-27(20)2)17-7-4-8-18(11-17)30-3/h4,7-8,10-14H,5-6,9H2,1-3H3,(H,23,29). The van der Waals surface area contributed by atoms with Gasteiger partial charge in [-0.3, -0.25) is 9.48 Å². The van der Waals surface area contributed by atoms with E-state index < -0.39 is 0 Å². The number of carbonyl (C=O) groups is 1. The molecular formula is C22H24N6O2. The monoisotopic (exact) mass is 404 g/mol. The predicted molar refractivity (Wildman–Crippen MR) is 114 cm³/mol. The maximum Gasteiger partial charge on any atom is 0.269 e. The molecule has 30 heavy (non-hydrogen) atoms. The van der Waals surface area contributed by atoms with Crippen molar-refractivity contribution in [2.75, 3.05) is 13.7 Å². The Morgan fingerprint density at radius 1 is 1.20 bits per heavy atom. The van der Waals surface area contributed by atoms with E-state index in [0.29, 0.717) is 12.2 Å². The Balaban J connectivity index is 1.35. The average Bonchev–Trinajstić information content (AvgIpc) is 3.32. The molecule has 4 rings (SSSR count). The van der Waals surface area contributed by atoms with Gasteiger partial charge in [-0.2, -0.15) is 10.2 Å². The van der Waals surface area contributed by atoms with Crippen LogP contribution in [0.3, 0.4) is 0 Å². The van der Waals surface area contributed by atoms with Gasteiger partial charge in [-0.15, -0.1) is 0 Å². The molecule has 0 saturated carbocycles. The molecule has 3 heterocycles. The lowest BCUT2D eigenvalue weighted by Gasteiger charge is -2.05. The highest BCUT2D eigenvalue weighted by Gasteiger charge is 2.14. The zero-order valence-corrected chi connectivity index (χ0v) is 17.3. The normalized spacial score (nSPS) is 11.0. The lowest BCUT2D eigenvalue weighted by molar-refractivity contribution is 0.0944. The van der Waals surface area contributed by atoms with Gasteiger partial charge in [0.1, 0.15) is 11.4 Å². The van der Waals surface area contributed by atoms with E-state index in [-0.39, 0.29) is 5.91 Å². The van der Waals surface area contributed by atoms with Crippen LogP contribution in [0.15, 0.2) is 48.8 Å². The molecule has 0 atom stereocenters. The number of amides is 1. The summed E-state index contributed by atoms with van der Waals surface area (Å²) in [5, 5.41) is 11.8.